The van der Waals surface area contributed by atoms with E-state index in [4.69, 9.17) is 9.47 Å². The van der Waals surface area contributed by atoms with Gasteiger partial charge >= 0.3 is 5.97 Å². The van der Waals surface area contributed by atoms with E-state index in [1.165, 1.54) is 6.92 Å². The first-order chi connectivity index (χ1) is 14.0. The van der Waals surface area contributed by atoms with Gasteiger partial charge in [-0.15, -0.1) is 0 Å². The van der Waals surface area contributed by atoms with Crippen molar-refractivity contribution in [2.45, 2.75) is 6.92 Å². The van der Waals surface area contributed by atoms with Crippen molar-refractivity contribution in [2.24, 2.45) is 0 Å². The third-order valence-electron chi connectivity index (χ3n) is 4.28. The van der Waals surface area contributed by atoms with Crippen LogP contribution in [0.25, 0.3) is 11.1 Å². The highest BCUT2D eigenvalue weighted by Crippen LogP contribution is 2.19. The number of esters is 1. The van der Waals surface area contributed by atoms with Gasteiger partial charge in [0.15, 0.2) is 24.8 Å². The number of benzene rings is 3. The second kappa shape index (κ2) is 9.46. The molecule has 29 heavy (non-hydrogen) atoms. The van der Waals surface area contributed by atoms with E-state index in [0.29, 0.717) is 16.9 Å². The number of ether oxygens (including phenoxy) is 2. The second-order valence-electron chi connectivity index (χ2n) is 6.40. The Kier molecular flexibility index (Phi) is 6.53. The van der Waals surface area contributed by atoms with Gasteiger partial charge in [-0.05, 0) is 30.2 Å². The standard InChI is InChI=1S/C24H20O5/c1-17(25)21-8-5-9-22(14-21)28-16-24(27)29-15-23(26)20-12-10-19(11-13-20)18-6-3-2-4-7-18/h2-14H,15-16H2,1H3. The molecular formula is C24H20O5. The van der Waals surface area contributed by atoms with Gasteiger partial charge in [-0.25, -0.2) is 4.79 Å². The summed E-state index contributed by atoms with van der Waals surface area (Å²) >= 11 is 0. The molecule has 0 aliphatic carbocycles. The molecule has 0 amide bonds. The van der Waals surface area contributed by atoms with E-state index in [-0.39, 0.29) is 24.8 Å². The van der Waals surface area contributed by atoms with Gasteiger partial charge < -0.3 is 9.47 Å². The predicted molar refractivity (Wildman–Crippen MR) is 109 cm³/mol. The van der Waals surface area contributed by atoms with Crippen molar-refractivity contribution in [1.29, 1.82) is 0 Å². The van der Waals surface area contributed by atoms with Gasteiger partial charge in [-0.3, -0.25) is 9.59 Å². The molecule has 0 aliphatic rings. The summed E-state index contributed by atoms with van der Waals surface area (Å²) in [7, 11) is 0. The van der Waals surface area contributed by atoms with Crippen LogP contribution >= 0.6 is 0 Å². The largest absolute Gasteiger partial charge is 0.482 e. The Bertz CT molecular complexity index is 1010. The summed E-state index contributed by atoms with van der Waals surface area (Å²) in [6.45, 7) is 0.743. The molecule has 146 valence electrons. The topological polar surface area (TPSA) is 69.7 Å². The zero-order valence-corrected chi connectivity index (χ0v) is 16.0. The van der Waals surface area contributed by atoms with E-state index in [9.17, 15) is 14.4 Å². The van der Waals surface area contributed by atoms with Crippen LogP contribution in [0.4, 0.5) is 0 Å². The van der Waals surface area contributed by atoms with Crippen LogP contribution in [-0.4, -0.2) is 30.7 Å². The van der Waals surface area contributed by atoms with Crippen LogP contribution in [0.15, 0.2) is 78.9 Å². The summed E-state index contributed by atoms with van der Waals surface area (Å²) in [5.41, 5.74) is 3.02. The third kappa shape index (κ3) is 5.62. The van der Waals surface area contributed by atoms with Gasteiger partial charge in [0.25, 0.3) is 0 Å². The summed E-state index contributed by atoms with van der Waals surface area (Å²) < 4.78 is 10.3. The Hall–Kier alpha value is -3.73. The van der Waals surface area contributed by atoms with Gasteiger partial charge in [-0.2, -0.15) is 0 Å². The number of ketones is 2. The Labute approximate surface area is 168 Å². The second-order valence-corrected chi connectivity index (χ2v) is 6.40. The zero-order chi connectivity index (χ0) is 20.6. The molecule has 3 aromatic carbocycles. The number of rotatable bonds is 8. The molecule has 3 rings (SSSR count). The first-order valence-electron chi connectivity index (χ1n) is 9.11. The number of hydrogen-bond donors (Lipinski definition) is 0. The van der Waals surface area contributed by atoms with Crippen molar-refractivity contribution in [3.05, 3.63) is 90.0 Å². The summed E-state index contributed by atoms with van der Waals surface area (Å²) in [6, 6.07) is 23.5. The SMILES string of the molecule is CC(=O)c1cccc(OCC(=O)OCC(=O)c2ccc(-c3ccccc3)cc2)c1. The Balaban J connectivity index is 1.49. The quantitative estimate of drug-likeness (QED) is 0.424. The molecule has 0 unspecified atom stereocenters. The Morgan fingerprint density at radius 2 is 1.41 bits per heavy atom. The monoisotopic (exact) mass is 388 g/mol. The van der Waals surface area contributed by atoms with Crippen molar-refractivity contribution < 1.29 is 23.9 Å². The number of hydrogen-bond acceptors (Lipinski definition) is 5. The first kappa shape index (κ1) is 20.0. The molecule has 0 fully saturated rings. The number of Topliss-reactive ketones (excluding diaryl/α,β-unsaturated/α-hetero) is 2. The molecular weight excluding hydrogens is 368 g/mol. The zero-order valence-electron chi connectivity index (χ0n) is 16.0. The maximum Gasteiger partial charge on any atom is 0.344 e. The van der Waals surface area contributed by atoms with Crippen LogP contribution in [0.2, 0.25) is 0 Å². The van der Waals surface area contributed by atoms with Gasteiger partial charge in [0.05, 0.1) is 0 Å². The van der Waals surface area contributed by atoms with Crippen LogP contribution < -0.4 is 4.74 Å². The minimum Gasteiger partial charge on any atom is -0.482 e. The molecule has 0 atom stereocenters. The molecule has 5 heteroatoms. The van der Waals surface area contributed by atoms with Crippen molar-refractivity contribution in [3.8, 4) is 16.9 Å². The van der Waals surface area contributed by atoms with Crippen LogP contribution in [-0.2, 0) is 9.53 Å². The summed E-state index contributed by atoms with van der Waals surface area (Å²) in [6.07, 6.45) is 0. The normalized spacial score (nSPS) is 10.2. The molecule has 0 aliphatic heterocycles. The number of carbonyl (C=O) groups excluding carboxylic acids is 3. The minimum absolute atomic E-state index is 0.0955. The van der Waals surface area contributed by atoms with Gasteiger partial charge in [0.2, 0.25) is 0 Å². The molecule has 0 radical (unpaired) electrons. The van der Waals surface area contributed by atoms with Gasteiger partial charge in [0.1, 0.15) is 5.75 Å². The van der Waals surface area contributed by atoms with E-state index in [0.717, 1.165) is 11.1 Å². The predicted octanol–water partition coefficient (Wildman–Crippen LogP) is 4.36. The van der Waals surface area contributed by atoms with E-state index in [1.54, 1.807) is 36.4 Å². The molecule has 0 aromatic heterocycles. The molecule has 3 aromatic rings. The molecule has 0 saturated carbocycles. The maximum atomic E-state index is 12.2. The average molecular weight is 388 g/mol. The highest BCUT2D eigenvalue weighted by Gasteiger charge is 2.11. The van der Waals surface area contributed by atoms with Crippen LogP contribution in [0.1, 0.15) is 27.6 Å². The smallest absolute Gasteiger partial charge is 0.344 e. The molecule has 0 heterocycles. The molecule has 5 nitrogen and oxygen atoms in total. The van der Waals surface area contributed by atoms with Crippen molar-refractivity contribution in [2.75, 3.05) is 13.2 Å². The fraction of sp³-hybridized carbons (Fsp3) is 0.125. The Morgan fingerprint density at radius 1 is 0.724 bits per heavy atom. The number of carbonyl (C=O) groups is 3. The van der Waals surface area contributed by atoms with Crippen LogP contribution in [0.5, 0.6) is 5.75 Å². The molecule has 0 N–H and O–H groups in total. The summed E-state index contributed by atoms with van der Waals surface area (Å²) in [4.78, 5) is 35.4. The fourth-order valence-electron chi connectivity index (χ4n) is 2.70. The van der Waals surface area contributed by atoms with E-state index in [1.807, 2.05) is 42.5 Å². The lowest BCUT2D eigenvalue weighted by atomic mass is 10.0. The van der Waals surface area contributed by atoms with Gasteiger partial charge in [-0.1, -0.05) is 66.7 Å². The summed E-state index contributed by atoms with van der Waals surface area (Å²) in [5, 5.41) is 0. The first-order valence-corrected chi connectivity index (χ1v) is 9.11. The minimum atomic E-state index is -0.660. The van der Waals surface area contributed by atoms with Gasteiger partial charge in [0, 0.05) is 11.1 Å². The lowest BCUT2D eigenvalue weighted by molar-refractivity contribution is -0.144. The fourth-order valence-corrected chi connectivity index (χ4v) is 2.70. The maximum absolute atomic E-state index is 12.2. The summed E-state index contributed by atoms with van der Waals surface area (Å²) in [5.74, 6) is -0.664. The van der Waals surface area contributed by atoms with Crippen LogP contribution in [0.3, 0.4) is 0 Å². The Morgan fingerprint density at radius 3 is 2.10 bits per heavy atom. The van der Waals surface area contributed by atoms with Crippen molar-refractivity contribution in [1.82, 2.24) is 0 Å². The lowest BCUT2D eigenvalue weighted by Crippen LogP contribution is -2.19. The highest BCUT2D eigenvalue weighted by molar-refractivity contribution is 5.98. The average Bonchev–Trinajstić information content (AvgIpc) is 2.77. The van der Waals surface area contributed by atoms with E-state index >= 15 is 0 Å². The third-order valence-corrected chi connectivity index (χ3v) is 4.28. The van der Waals surface area contributed by atoms with E-state index in [2.05, 4.69) is 0 Å². The molecule has 0 spiro atoms. The highest BCUT2D eigenvalue weighted by atomic mass is 16.6. The lowest BCUT2D eigenvalue weighted by Gasteiger charge is -2.08. The van der Waals surface area contributed by atoms with E-state index < -0.39 is 5.97 Å². The molecule has 0 bridgehead atoms. The molecule has 0 saturated heterocycles. The van der Waals surface area contributed by atoms with Crippen molar-refractivity contribution in [3.63, 3.8) is 0 Å². The van der Waals surface area contributed by atoms with Crippen LogP contribution in [0, 0.1) is 0 Å². The van der Waals surface area contributed by atoms with Crippen molar-refractivity contribution >= 4 is 17.5 Å².